The van der Waals surface area contributed by atoms with Crippen LogP contribution < -0.4 is 4.74 Å². The van der Waals surface area contributed by atoms with Crippen LogP contribution in [0.25, 0.3) is 5.57 Å². The highest BCUT2D eigenvalue weighted by Crippen LogP contribution is 2.29. The maximum Gasteiger partial charge on any atom is 0.186 e. The Labute approximate surface area is 128 Å². The summed E-state index contributed by atoms with van der Waals surface area (Å²) in [4.78, 5) is 12.2. The minimum absolute atomic E-state index is 0.0677. The highest BCUT2D eigenvalue weighted by atomic mass is 35.5. The summed E-state index contributed by atoms with van der Waals surface area (Å²) >= 11 is 5.80. The van der Waals surface area contributed by atoms with Crippen LogP contribution in [-0.4, -0.2) is 18.0 Å². The Hall–Kier alpha value is -2.26. The summed E-state index contributed by atoms with van der Waals surface area (Å²) in [5, 5.41) is 10.2. The van der Waals surface area contributed by atoms with E-state index >= 15 is 0 Å². The normalized spacial score (nSPS) is 11.3. The zero-order chi connectivity index (χ0) is 15.4. The smallest absolute Gasteiger partial charge is 0.186 e. The van der Waals surface area contributed by atoms with Gasteiger partial charge in [-0.25, -0.2) is 0 Å². The molecule has 4 heteroatoms. The number of carbonyl (C=O) groups is 1. The summed E-state index contributed by atoms with van der Waals surface area (Å²) in [6, 6.07) is 11.7. The molecule has 2 aromatic carbocycles. The number of hydrogen-bond acceptors (Lipinski definition) is 3. The topological polar surface area (TPSA) is 46.5 Å². The van der Waals surface area contributed by atoms with E-state index in [1.807, 2.05) is 6.92 Å². The number of phenols is 1. The van der Waals surface area contributed by atoms with Gasteiger partial charge in [0.2, 0.25) is 0 Å². The van der Waals surface area contributed by atoms with Gasteiger partial charge in [0.1, 0.15) is 0 Å². The molecule has 21 heavy (non-hydrogen) atoms. The third-order valence-electron chi connectivity index (χ3n) is 3.11. The first-order valence-electron chi connectivity index (χ1n) is 6.37. The van der Waals surface area contributed by atoms with Gasteiger partial charge in [-0.3, -0.25) is 4.79 Å². The third kappa shape index (κ3) is 3.64. The average molecular weight is 303 g/mol. The Balaban J connectivity index is 2.28. The molecule has 0 saturated heterocycles. The first-order valence-corrected chi connectivity index (χ1v) is 6.74. The summed E-state index contributed by atoms with van der Waals surface area (Å²) in [6.45, 7) is 1.83. The molecule has 108 valence electrons. The molecule has 3 nitrogen and oxygen atoms in total. The predicted octanol–water partition coefficient (Wildman–Crippen LogP) is 4.34. The average Bonchev–Trinajstić information content (AvgIpc) is 2.48. The number of phenolic OH excluding ortho intramolecular Hbond substituents is 1. The molecule has 0 saturated carbocycles. The molecule has 0 aliphatic heterocycles. The van der Waals surface area contributed by atoms with Crippen LogP contribution in [-0.2, 0) is 0 Å². The summed E-state index contributed by atoms with van der Waals surface area (Å²) in [5.74, 6) is 0.341. The van der Waals surface area contributed by atoms with E-state index in [1.165, 1.54) is 13.2 Å². The minimum Gasteiger partial charge on any atom is -0.504 e. The first kappa shape index (κ1) is 15.1. The Morgan fingerprint density at radius 1 is 1.14 bits per heavy atom. The van der Waals surface area contributed by atoms with E-state index in [1.54, 1.807) is 42.5 Å². The second kappa shape index (κ2) is 6.46. The van der Waals surface area contributed by atoms with Gasteiger partial charge in [0.25, 0.3) is 0 Å². The van der Waals surface area contributed by atoms with Gasteiger partial charge in [0, 0.05) is 10.6 Å². The van der Waals surface area contributed by atoms with Gasteiger partial charge >= 0.3 is 0 Å². The van der Waals surface area contributed by atoms with Crippen molar-refractivity contribution in [1.29, 1.82) is 0 Å². The Kier molecular flexibility index (Phi) is 4.66. The number of hydrogen-bond donors (Lipinski definition) is 1. The summed E-state index contributed by atoms with van der Waals surface area (Å²) in [5.41, 5.74) is 2.17. The van der Waals surface area contributed by atoms with Crippen LogP contribution in [0.4, 0.5) is 0 Å². The van der Waals surface area contributed by atoms with Gasteiger partial charge in [-0.05, 0) is 60.5 Å². The maximum absolute atomic E-state index is 12.2. The van der Waals surface area contributed by atoms with E-state index in [-0.39, 0.29) is 11.5 Å². The molecule has 0 amide bonds. The molecule has 0 radical (unpaired) electrons. The number of ether oxygens (including phenoxy) is 1. The molecule has 0 atom stereocenters. The van der Waals surface area contributed by atoms with Crippen LogP contribution >= 0.6 is 11.6 Å². The standard InChI is InChI=1S/C17H15ClO3/c1-11(13-5-8-15(19)17(10-13)21-2)9-16(20)12-3-6-14(18)7-4-12/h3-10,19H,1-2H3/b11-9+. The van der Waals surface area contributed by atoms with Gasteiger partial charge in [0.15, 0.2) is 17.3 Å². The van der Waals surface area contributed by atoms with Crippen LogP contribution in [0.3, 0.4) is 0 Å². The monoisotopic (exact) mass is 302 g/mol. The summed E-state index contributed by atoms with van der Waals surface area (Å²) in [6.07, 6.45) is 1.55. The fourth-order valence-electron chi connectivity index (χ4n) is 1.90. The van der Waals surface area contributed by atoms with E-state index in [4.69, 9.17) is 16.3 Å². The lowest BCUT2D eigenvalue weighted by atomic mass is 10.0. The number of methoxy groups -OCH3 is 1. The van der Waals surface area contributed by atoms with Gasteiger partial charge < -0.3 is 9.84 Å². The molecular formula is C17H15ClO3. The molecule has 0 aromatic heterocycles. The van der Waals surface area contributed by atoms with Crippen LogP contribution in [0.15, 0.2) is 48.5 Å². The zero-order valence-corrected chi connectivity index (χ0v) is 12.5. The molecule has 0 bridgehead atoms. The number of benzene rings is 2. The lowest BCUT2D eigenvalue weighted by molar-refractivity contribution is 0.104. The van der Waals surface area contributed by atoms with Crippen molar-refractivity contribution < 1.29 is 14.6 Å². The van der Waals surface area contributed by atoms with Crippen LogP contribution in [0.5, 0.6) is 11.5 Å². The van der Waals surface area contributed by atoms with Crippen molar-refractivity contribution in [3.63, 3.8) is 0 Å². The van der Waals surface area contributed by atoms with Crippen molar-refractivity contribution in [3.05, 3.63) is 64.7 Å². The van der Waals surface area contributed by atoms with E-state index in [0.717, 1.165) is 11.1 Å². The molecule has 0 unspecified atom stereocenters. The molecule has 0 fully saturated rings. The molecule has 0 aliphatic carbocycles. The zero-order valence-electron chi connectivity index (χ0n) is 11.8. The number of carbonyl (C=O) groups excluding carboxylic acids is 1. The fraction of sp³-hybridized carbons (Fsp3) is 0.118. The van der Waals surface area contributed by atoms with Crippen molar-refractivity contribution in [1.82, 2.24) is 0 Å². The van der Waals surface area contributed by atoms with Crippen molar-refractivity contribution in [2.45, 2.75) is 6.92 Å². The lowest BCUT2D eigenvalue weighted by Crippen LogP contribution is -1.95. The maximum atomic E-state index is 12.2. The minimum atomic E-state index is -0.101. The largest absolute Gasteiger partial charge is 0.504 e. The van der Waals surface area contributed by atoms with Crippen LogP contribution in [0.2, 0.25) is 5.02 Å². The molecule has 1 N–H and O–H groups in total. The van der Waals surface area contributed by atoms with Gasteiger partial charge in [-0.1, -0.05) is 17.7 Å². The molecule has 2 rings (SSSR count). The SMILES string of the molecule is COc1cc(/C(C)=C/C(=O)c2ccc(Cl)cc2)ccc1O. The van der Waals surface area contributed by atoms with Crippen LogP contribution in [0, 0.1) is 0 Å². The summed E-state index contributed by atoms with van der Waals surface area (Å²) in [7, 11) is 1.48. The number of aromatic hydroxyl groups is 1. The molecule has 2 aromatic rings. The second-order valence-electron chi connectivity index (χ2n) is 4.59. The summed E-state index contributed by atoms with van der Waals surface area (Å²) < 4.78 is 5.06. The molecule has 0 heterocycles. The van der Waals surface area contributed by atoms with Crippen molar-refractivity contribution in [2.24, 2.45) is 0 Å². The highest BCUT2D eigenvalue weighted by molar-refractivity contribution is 6.30. The lowest BCUT2D eigenvalue weighted by Gasteiger charge is -2.07. The van der Waals surface area contributed by atoms with Gasteiger partial charge in [-0.2, -0.15) is 0 Å². The molecular weight excluding hydrogens is 288 g/mol. The van der Waals surface area contributed by atoms with Crippen molar-refractivity contribution in [2.75, 3.05) is 7.11 Å². The fourth-order valence-corrected chi connectivity index (χ4v) is 2.03. The van der Waals surface area contributed by atoms with Crippen molar-refractivity contribution in [3.8, 4) is 11.5 Å². The number of ketones is 1. The molecule has 0 spiro atoms. The Bertz CT molecular complexity index is 688. The number of allylic oxidation sites excluding steroid dienone is 2. The Morgan fingerprint density at radius 2 is 1.76 bits per heavy atom. The predicted molar refractivity (Wildman–Crippen MR) is 84.1 cm³/mol. The van der Waals surface area contributed by atoms with Gasteiger partial charge in [0.05, 0.1) is 7.11 Å². The molecule has 0 aliphatic rings. The third-order valence-corrected chi connectivity index (χ3v) is 3.36. The number of halogens is 1. The van der Waals surface area contributed by atoms with E-state index in [0.29, 0.717) is 16.3 Å². The van der Waals surface area contributed by atoms with Crippen molar-refractivity contribution >= 4 is 23.0 Å². The number of rotatable bonds is 4. The van der Waals surface area contributed by atoms with E-state index in [2.05, 4.69) is 0 Å². The van der Waals surface area contributed by atoms with Crippen LogP contribution in [0.1, 0.15) is 22.8 Å². The first-order chi connectivity index (χ1) is 10.0. The van der Waals surface area contributed by atoms with Gasteiger partial charge in [-0.15, -0.1) is 0 Å². The Morgan fingerprint density at radius 3 is 2.38 bits per heavy atom. The van der Waals surface area contributed by atoms with E-state index in [9.17, 15) is 9.90 Å². The van der Waals surface area contributed by atoms with E-state index < -0.39 is 0 Å². The highest BCUT2D eigenvalue weighted by Gasteiger charge is 2.07. The second-order valence-corrected chi connectivity index (χ2v) is 5.02. The quantitative estimate of drug-likeness (QED) is 0.675.